The van der Waals surface area contributed by atoms with Gasteiger partial charge in [-0.05, 0) is 42.7 Å². The maximum Gasteiger partial charge on any atom is 0.450 e. The van der Waals surface area contributed by atoms with Crippen LogP contribution >= 0.6 is 11.6 Å². The SMILES string of the molecule is CC(C)COC(=O)[C@H](C)Oc1ccc2c(=O)c(-c3ccc(Cl)cc3)c(C(F)(F)F)oc2c1. The third-order valence-corrected chi connectivity index (χ3v) is 4.71. The number of halogens is 4. The van der Waals surface area contributed by atoms with Crippen molar-refractivity contribution in [3.63, 3.8) is 0 Å². The second-order valence-electron chi connectivity index (χ2n) is 7.58. The van der Waals surface area contributed by atoms with Crippen LogP contribution in [0.3, 0.4) is 0 Å². The largest absolute Gasteiger partial charge is 0.479 e. The smallest absolute Gasteiger partial charge is 0.450 e. The molecule has 0 bridgehead atoms. The molecule has 0 aliphatic heterocycles. The standard InChI is InChI=1S/C23H20ClF3O5/c1-12(2)11-30-22(29)13(3)31-16-8-9-17-18(10-16)32-21(23(25,26)27)19(20(17)28)14-4-6-15(24)7-5-14/h4-10,12-13H,11H2,1-3H3/t13-/m0/s1. The molecule has 0 radical (unpaired) electrons. The summed E-state index contributed by atoms with van der Waals surface area (Å²) in [7, 11) is 0. The predicted molar refractivity (Wildman–Crippen MR) is 114 cm³/mol. The summed E-state index contributed by atoms with van der Waals surface area (Å²) in [6, 6.07) is 9.22. The number of hydrogen-bond donors (Lipinski definition) is 0. The molecule has 0 fully saturated rings. The first-order valence-corrected chi connectivity index (χ1v) is 10.1. The third kappa shape index (κ3) is 5.24. The molecule has 0 N–H and O–H groups in total. The summed E-state index contributed by atoms with van der Waals surface area (Å²) in [6.45, 7) is 5.41. The molecule has 0 unspecified atom stereocenters. The molecular formula is C23H20ClF3O5. The van der Waals surface area contributed by atoms with Gasteiger partial charge in [0.05, 0.1) is 17.6 Å². The molecule has 0 saturated carbocycles. The van der Waals surface area contributed by atoms with Crippen LogP contribution in [0.1, 0.15) is 26.5 Å². The van der Waals surface area contributed by atoms with E-state index in [1.165, 1.54) is 43.3 Å². The molecule has 2 aromatic carbocycles. The summed E-state index contributed by atoms with van der Waals surface area (Å²) < 4.78 is 56.9. The Bertz CT molecular complexity index is 1180. The Kier molecular flexibility index (Phi) is 6.83. The lowest BCUT2D eigenvalue weighted by atomic mass is 10.0. The minimum absolute atomic E-state index is 0.0271. The van der Waals surface area contributed by atoms with Crippen LogP contribution in [0.2, 0.25) is 5.02 Å². The first-order chi connectivity index (χ1) is 15.0. The number of rotatable bonds is 6. The van der Waals surface area contributed by atoms with Crippen molar-refractivity contribution in [1.82, 2.24) is 0 Å². The lowest BCUT2D eigenvalue weighted by Crippen LogP contribution is -2.27. The summed E-state index contributed by atoms with van der Waals surface area (Å²) in [5, 5.41) is 0.251. The summed E-state index contributed by atoms with van der Waals surface area (Å²) in [4.78, 5) is 25.0. The normalized spacial score (nSPS) is 12.8. The molecule has 0 amide bonds. The van der Waals surface area contributed by atoms with Gasteiger partial charge < -0.3 is 13.9 Å². The Morgan fingerprint density at radius 2 is 1.75 bits per heavy atom. The summed E-state index contributed by atoms with van der Waals surface area (Å²) in [5.74, 6) is -1.85. The Morgan fingerprint density at radius 3 is 2.34 bits per heavy atom. The molecule has 0 saturated heterocycles. The first-order valence-electron chi connectivity index (χ1n) is 9.74. The molecule has 9 heteroatoms. The van der Waals surface area contributed by atoms with E-state index in [4.69, 9.17) is 25.5 Å². The maximum atomic E-state index is 13.7. The molecule has 32 heavy (non-hydrogen) atoms. The number of hydrogen-bond acceptors (Lipinski definition) is 5. The van der Waals surface area contributed by atoms with E-state index < -0.39 is 35.0 Å². The molecule has 0 aliphatic rings. The van der Waals surface area contributed by atoms with Gasteiger partial charge >= 0.3 is 12.1 Å². The summed E-state index contributed by atoms with van der Waals surface area (Å²) in [6.07, 6.45) is -5.93. The van der Waals surface area contributed by atoms with E-state index >= 15 is 0 Å². The topological polar surface area (TPSA) is 65.7 Å². The first kappa shape index (κ1) is 23.7. The second kappa shape index (κ2) is 9.24. The van der Waals surface area contributed by atoms with Gasteiger partial charge in [0, 0.05) is 11.1 Å². The van der Waals surface area contributed by atoms with E-state index in [9.17, 15) is 22.8 Å². The van der Waals surface area contributed by atoms with Crippen LogP contribution < -0.4 is 10.2 Å². The highest BCUT2D eigenvalue weighted by atomic mass is 35.5. The van der Waals surface area contributed by atoms with Crippen LogP contribution in [0, 0.1) is 5.92 Å². The van der Waals surface area contributed by atoms with Gasteiger partial charge in [-0.1, -0.05) is 37.6 Å². The molecule has 3 aromatic rings. The van der Waals surface area contributed by atoms with Crippen molar-refractivity contribution in [3.8, 4) is 16.9 Å². The van der Waals surface area contributed by atoms with Crippen LogP contribution in [0.15, 0.2) is 51.7 Å². The zero-order chi connectivity index (χ0) is 23.6. The van der Waals surface area contributed by atoms with Crippen LogP contribution in [0.25, 0.3) is 22.1 Å². The van der Waals surface area contributed by atoms with Crippen LogP contribution in [-0.4, -0.2) is 18.7 Å². The number of alkyl halides is 3. The van der Waals surface area contributed by atoms with Gasteiger partial charge in [-0.2, -0.15) is 13.2 Å². The molecule has 3 rings (SSSR count). The number of esters is 1. The highest BCUT2D eigenvalue weighted by Crippen LogP contribution is 2.38. The van der Waals surface area contributed by atoms with E-state index in [1.807, 2.05) is 13.8 Å². The minimum Gasteiger partial charge on any atom is -0.479 e. The summed E-state index contributed by atoms with van der Waals surface area (Å²) >= 11 is 5.81. The average molecular weight is 469 g/mol. The number of carbonyl (C=O) groups excluding carboxylic acids is 1. The number of ether oxygens (including phenoxy) is 2. The lowest BCUT2D eigenvalue weighted by molar-refractivity contribution is -0.152. The quantitative estimate of drug-likeness (QED) is 0.409. The van der Waals surface area contributed by atoms with Crippen LogP contribution in [0.5, 0.6) is 5.75 Å². The minimum atomic E-state index is -4.92. The van der Waals surface area contributed by atoms with E-state index in [0.29, 0.717) is 5.02 Å². The number of fused-ring (bicyclic) bond motifs is 1. The fourth-order valence-electron chi connectivity index (χ4n) is 2.94. The molecule has 0 aliphatic carbocycles. The molecule has 0 spiro atoms. The fourth-order valence-corrected chi connectivity index (χ4v) is 3.07. The Morgan fingerprint density at radius 1 is 1.09 bits per heavy atom. The van der Waals surface area contributed by atoms with E-state index in [2.05, 4.69) is 0 Å². The van der Waals surface area contributed by atoms with Crippen LogP contribution in [0.4, 0.5) is 13.2 Å². The number of carbonyl (C=O) groups is 1. The van der Waals surface area contributed by atoms with Gasteiger partial charge in [0.25, 0.3) is 0 Å². The Balaban J connectivity index is 2.03. The molecule has 1 atom stereocenters. The van der Waals surface area contributed by atoms with E-state index in [1.54, 1.807) is 0 Å². The molecule has 170 valence electrons. The highest BCUT2D eigenvalue weighted by Gasteiger charge is 2.39. The fraction of sp³-hybridized carbons (Fsp3) is 0.304. The summed E-state index contributed by atoms with van der Waals surface area (Å²) in [5.41, 5.74) is -1.75. The van der Waals surface area contributed by atoms with Gasteiger partial charge in [0.15, 0.2) is 6.10 Å². The van der Waals surface area contributed by atoms with Gasteiger partial charge in [0.2, 0.25) is 11.2 Å². The van der Waals surface area contributed by atoms with E-state index in [-0.39, 0.29) is 34.8 Å². The zero-order valence-electron chi connectivity index (χ0n) is 17.5. The van der Waals surface area contributed by atoms with Crippen molar-refractivity contribution in [2.45, 2.75) is 33.1 Å². The molecule has 1 heterocycles. The number of benzene rings is 2. The van der Waals surface area contributed by atoms with Gasteiger partial charge in [-0.3, -0.25) is 4.79 Å². The van der Waals surface area contributed by atoms with Crippen molar-refractivity contribution >= 4 is 28.5 Å². The van der Waals surface area contributed by atoms with Gasteiger partial charge in [0.1, 0.15) is 11.3 Å². The molecular weight excluding hydrogens is 449 g/mol. The molecule has 5 nitrogen and oxygen atoms in total. The third-order valence-electron chi connectivity index (χ3n) is 4.46. The van der Waals surface area contributed by atoms with Crippen molar-refractivity contribution in [2.24, 2.45) is 5.92 Å². The van der Waals surface area contributed by atoms with Crippen molar-refractivity contribution in [1.29, 1.82) is 0 Å². The monoisotopic (exact) mass is 468 g/mol. The Hall–Kier alpha value is -3.00. The van der Waals surface area contributed by atoms with Crippen molar-refractivity contribution < 1.29 is 31.9 Å². The Labute approximate surface area is 186 Å². The molecule has 1 aromatic heterocycles. The predicted octanol–water partition coefficient (Wildman–Crippen LogP) is 6.10. The highest BCUT2D eigenvalue weighted by molar-refractivity contribution is 6.30. The van der Waals surface area contributed by atoms with Crippen molar-refractivity contribution in [3.05, 3.63) is 63.5 Å². The maximum absolute atomic E-state index is 13.7. The zero-order valence-corrected chi connectivity index (χ0v) is 18.2. The van der Waals surface area contributed by atoms with Gasteiger partial charge in [-0.15, -0.1) is 0 Å². The average Bonchev–Trinajstić information content (AvgIpc) is 2.71. The lowest BCUT2D eigenvalue weighted by Gasteiger charge is -2.16. The van der Waals surface area contributed by atoms with E-state index in [0.717, 1.165) is 6.07 Å². The van der Waals surface area contributed by atoms with Crippen LogP contribution in [-0.2, 0) is 15.7 Å². The van der Waals surface area contributed by atoms with Crippen molar-refractivity contribution in [2.75, 3.05) is 6.61 Å². The second-order valence-corrected chi connectivity index (χ2v) is 8.02. The van der Waals surface area contributed by atoms with Gasteiger partial charge in [-0.25, -0.2) is 4.79 Å².